The molecule has 0 bridgehead atoms. The molecule has 0 aliphatic carbocycles. The van der Waals surface area contributed by atoms with Crippen molar-refractivity contribution in [3.63, 3.8) is 0 Å². The van der Waals surface area contributed by atoms with Crippen LogP contribution in [0.4, 0.5) is 5.82 Å². The summed E-state index contributed by atoms with van der Waals surface area (Å²) in [5, 5.41) is 9.34. The zero-order valence-electron chi connectivity index (χ0n) is 11.8. The summed E-state index contributed by atoms with van der Waals surface area (Å²) >= 11 is 5.78. The van der Waals surface area contributed by atoms with Crippen molar-refractivity contribution in [2.75, 3.05) is 31.6 Å². The number of likely N-dealkylation sites (tertiary alicyclic amines) is 1. The van der Waals surface area contributed by atoms with Crippen LogP contribution in [0.2, 0.25) is 5.02 Å². The molecule has 21 heavy (non-hydrogen) atoms. The van der Waals surface area contributed by atoms with Gasteiger partial charge in [0.05, 0.1) is 11.6 Å². The Bertz CT molecular complexity index is 521. The Labute approximate surface area is 128 Å². The summed E-state index contributed by atoms with van der Waals surface area (Å²) in [6, 6.07) is 3.48. The maximum Gasteiger partial charge on any atom is 0.303 e. The van der Waals surface area contributed by atoms with Gasteiger partial charge in [0.15, 0.2) is 0 Å². The normalized spacial score (nSPS) is 17.8. The molecule has 1 aliphatic rings. The predicted octanol–water partition coefficient (Wildman–Crippen LogP) is 1.49. The zero-order chi connectivity index (χ0) is 15.4. The van der Waals surface area contributed by atoms with Crippen LogP contribution in [0.15, 0.2) is 18.3 Å². The van der Waals surface area contributed by atoms with Gasteiger partial charge in [0.2, 0.25) is 5.91 Å². The third kappa shape index (κ3) is 4.32. The van der Waals surface area contributed by atoms with Gasteiger partial charge in [-0.05, 0) is 24.5 Å². The number of aliphatic carboxylic acids is 1. The summed E-state index contributed by atoms with van der Waals surface area (Å²) in [7, 11) is 1.79. The van der Waals surface area contributed by atoms with Crippen molar-refractivity contribution in [3.8, 4) is 0 Å². The Hall–Kier alpha value is -1.82. The minimum atomic E-state index is -0.809. The predicted molar refractivity (Wildman–Crippen MR) is 79.5 cm³/mol. The number of pyridine rings is 1. The fourth-order valence-corrected chi connectivity index (χ4v) is 2.56. The number of aromatic nitrogens is 1. The highest BCUT2D eigenvalue weighted by Crippen LogP contribution is 2.20. The van der Waals surface area contributed by atoms with E-state index >= 15 is 0 Å². The number of likely N-dealkylation sites (N-methyl/N-ethyl adjacent to an activating group) is 1. The third-order valence-corrected chi connectivity index (χ3v) is 3.80. The highest BCUT2D eigenvalue weighted by molar-refractivity contribution is 6.30. The van der Waals surface area contributed by atoms with E-state index in [0.717, 1.165) is 6.42 Å². The molecule has 2 rings (SSSR count). The van der Waals surface area contributed by atoms with Crippen LogP contribution in [-0.2, 0) is 9.59 Å². The molecule has 1 aromatic rings. The number of carboxylic acid groups (broad SMARTS) is 1. The fraction of sp³-hybridized carbons (Fsp3) is 0.500. The molecule has 2 heterocycles. The molecule has 1 N–H and O–H groups in total. The molecule has 7 heteroatoms. The summed E-state index contributed by atoms with van der Waals surface area (Å²) in [4.78, 5) is 30.5. The van der Waals surface area contributed by atoms with Gasteiger partial charge in [-0.25, -0.2) is 4.98 Å². The van der Waals surface area contributed by atoms with E-state index in [1.807, 2.05) is 0 Å². The van der Waals surface area contributed by atoms with E-state index in [1.165, 1.54) is 6.20 Å². The van der Waals surface area contributed by atoms with Gasteiger partial charge >= 0.3 is 5.97 Å². The molecule has 0 spiro atoms. The Balaban J connectivity index is 1.87. The van der Waals surface area contributed by atoms with E-state index < -0.39 is 5.97 Å². The van der Waals surface area contributed by atoms with Crippen molar-refractivity contribution in [3.05, 3.63) is 23.4 Å². The van der Waals surface area contributed by atoms with Crippen molar-refractivity contribution in [1.29, 1.82) is 0 Å². The van der Waals surface area contributed by atoms with Crippen LogP contribution in [0, 0.1) is 5.92 Å². The number of halogens is 1. The summed E-state index contributed by atoms with van der Waals surface area (Å²) in [5.74, 6) is -0.0848. The van der Waals surface area contributed by atoms with Crippen molar-refractivity contribution >= 4 is 29.3 Å². The summed E-state index contributed by atoms with van der Waals surface area (Å²) < 4.78 is 0. The molecule has 1 atom stereocenters. The van der Waals surface area contributed by atoms with Gasteiger partial charge in [0.25, 0.3) is 0 Å². The van der Waals surface area contributed by atoms with E-state index in [4.69, 9.17) is 16.7 Å². The van der Waals surface area contributed by atoms with Crippen molar-refractivity contribution < 1.29 is 14.7 Å². The largest absolute Gasteiger partial charge is 0.481 e. The standard InChI is InChI=1S/C14H18ClN3O3/c1-17(12-3-2-11(15)7-16-12)9-13(19)18-5-4-10(8-18)6-14(20)21/h2-3,7,10H,4-6,8-9H2,1H3,(H,20,21). The SMILES string of the molecule is CN(CC(=O)N1CCC(CC(=O)O)C1)c1ccc(Cl)cn1. The fourth-order valence-electron chi connectivity index (χ4n) is 2.45. The lowest BCUT2D eigenvalue weighted by molar-refractivity contribution is -0.138. The van der Waals surface area contributed by atoms with Crippen molar-refractivity contribution in [2.24, 2.45) is 5.92 Å². The Kier molecular flexibility index (Phi) is 5.01. The van der Waals surface area contributed by atoms with Gasteiger partial charge in [-0.1, -0.05) is 11.6 Å². The second kappa shape index (κ2) is 6.76. The second-order valence-electron chi connectivity index (χ2n) is 5.28. The number of nitrogens with zero attached hydrogens (tertiary/aromatic N) is 3. The van der Waals surface area contributed by atoms with Gasteiger partial charge in [-0.15, -0.1) is 0 Å². The monoisotopic (exact) mass is 311 g/mol. The Morgan fingerprint density at radius 2 is 2.29 bits per heavy atom. The van der Waals surface area contributed by atoms with E-state index in [2.05, 4.69) is 4.98 Å². The maximum absolute atomic E-state index is 12.2. The molecular formula is C14H18ClN3O3. The van der Waals surface area contributed by atoms with Gasteiger partial charge < -0.3 is 14.9 Å². The topological polar surface area (TPSA) is 73.7 Å². The average Bonchev–Trinajstić information content (AvgIpc) is 2.87. The molecule has 1 saturated heterocycles. The minimum absolute atomic E-state index is 0.0119. The molecule has 1 fully saturated rings. The molecule has 1 unspecified atom stereocenters. The number of hydrogen-bond donors (Lipinski definition) is 1. The molecule has 1 amide bonds. The van der Waals surface area contributed by atoms with Crippen molar-refractivity contribution in [2.45, 2.75) is 12.8 Å². The zero-order valence-corrected chi connectivity index (χ0v) is 12.6. The molecule has 6 nitrogen and oxygen atoms in total. The van der Waals surface area contributed by atoms with E-state index in [0.29, 0.717) is 23.9 Å². The number of carboxylic acids is 1. The lowest BCUT2D eigenvalue weighted by Crippen LogP contribution is -2.38. The first kappa shape index (κ1) is 15.6. The number of rotatable bonds is 5. The lowest BCUT2D eigenvalue weighted by atomic mass is 10.1. The van der Waals surface area contributed by atoms with Crippen molar-refractivity contribution in [1.82, 2.24) is 9.88 Å². The van der Waals surface area contributed by atoms with Crippen LogP contribution in [0.1, 0.15) is 12.8 Å². The van der Waals surface area contributed by atoms with Gasteiger partial charge in [-0.3, -0.25) is 9.59 Å². The van der Waals surface area contributed by atoms with Crippen LogP contribution >= 0.6 is 11.6 Å². The number of carbonyl (C=O) groups excluding carboxylic acids is 1. The Morgan fingerprint density at radius 3 is 2.90 bits per heavy atom. The van der Waals surface area contributed by atoms with E-state index in [-0.39, 0.29) is 24.8 Å². The van der Waals surface area contributed by atoms with Crippen LogP contribution in [0.3, 0.4) is 0 Å². The Morgan fingerprint density at radius 1 is 1.52 bits per heavy atom. The first-order valence-electron chi connectivity index (χ1n) is 6.78. The molecule has 0 aromatic carbocycles. The van der Waals surface area contributed by atoms with Crippen LogP contribution in [0.5, 0.6) is 0 Å². The van der Waals surface area contributed by atoms with Crippen LogP contribution < -0.4 is 4.90 Å². The maximum atomic E-state index is 12.2. The first-order valence-corrected chi connectivity index (χ1v) is 7.15. The number of anilines is 1. The van der Waals surface area contributed by atoms with Crippen LogP contribution in [0.25, 0.3) is 0 Å². The highest BCUT2D eigenvalue weighted by Gasteiger charge is 2.28. The molecule has 0 radical (unpaired) electrons. The molecule has 114 valence electrons. The number of hydrogen-bond acceptors (Lipinski definition) is 4. The first-order chi connectivity index (χ1) is 9.95. The van der Waals surface area contributed by atoms with Gasteiger partial charge in [-0.2, -0.15) is 0 Å². The average molecular weight is 312 g/mol. The molecule has 0 saturated carbocycles. The molecular weight excluding hydrogens is 294 g/mol. The highest BCUT2D eigenvalue weighted by atomic mass is 35.5. The number of carbonyl (C=O) groups is 2. The summed E-state index contributed by atoms with van der Waals surface area (Å²) in [6.45, 7) is 1.36. The summed E-state index contributed by atoms with van der Waals surface area (Å²) in [5.41, 5.74) is 0. The lowest BCUT2D eigenvalue weighted by Gasteiger charge is -2.22. The smallest absolute Gasteiger partial charge is 0.303 e. The molecule has 1 aromatic heterocycles. The van der Waals surface area contributed by atoms with Gasteiger partial charge in [0, 0.05) is 32.8 Å². The van der Waals surface area contributed by atoms with Gasteiger partial charge in [0.1, 0.15) is 5.82 Å². The van der Waals surface area contributed by atoms with E-state index in [1.54, 1.807) is 29.0 Å². The third-order valence-electron chi connectivity index (χ3n) is 3.58. The van der Waals surface area contributed by atoms with Crippen LogP contribution in [-0.4, -0.2) is 53.5 Å². The second-order valence-corrected chi connectivity index (χ2v) is 5.72. The summed E-state index contributed by atoms with van der Waals surface area (Å²) in [6.07, 6.45) is 2.41. The minimum Gasteiger partial charge on any atom is -0.481 e. The quantitative estimate of drug-likeness (QED) is 0.892. The number of amides is 1. The molecule has 1 aliphatic heterocycles. The van der Waals surface area contributed by atoms with E-state index in [9.17, 15) is 9.59 Å².